The quantitative estimate of drug-likeness (QED) is 0.730. The van der Waals surface area contributed by atoms with Crippen molar-refractivity contribution in [3.63, 3.8) is 0 Å². The Morgan fingerprint density at radius 3 is 2.46 bits per heavy atom. The highest BCUT2D eigenvalue weighted by atomic mass is 32.2. The minimum absolute atomic E-state index is 0.0646. The second kappa shape index (κ2) is 9.21. The number of hydrogen-bond donors (Lipinski definition) is 1. The molecule has 28 heavy (non-hydrogen) atoms. The lowest BCUT2D eigenvalue weighted by molar-refractivity contribution is -0.116. The third kappa shape index (κ3) is 4.72. The van der Waals surface area contributed by atoms with Crippen LogP contribution < -0.4 is 10.1 Å². The summed E-state index contributed by atoms with van der Waals surface area (Å²) in [6, 6.07) is 10.8. The Balaban J connectivity index is 2.29. The Bertz CT molecular complexity index is 955. The molecule has 152 valence electrons. The Morgan fingerprint density at radius 2 is 1.86 bits per heavy atom. The summed E-state index contributed by atoms with van der Waals surface area (Å²) in [7, 11) is -2.45. The van der Waals surface area contributed by atoms with Crippen molar-refractivity contribution in [3.05, 3.63) is 53.1 Å². The third-order valence-electron chi connectivity index (χ3n) is 4.61. The highest BCUT2D eigenvalue weighted by Crippen LogP contribution is 2.28. The van der Waals surface area contributed by atoms with Crippen LogP contribution in [0.1, 0.15) is 30.5 Å². The molecule has 2 aromatic carbocycles. The van der Waals surface area contributed by atoms with Gasteiger partial charge in [-0.15, -0.1) is 0 Å². The molecule has 6 nitrogen and oxygen atoms in total. The highest BCUT2D eigenvalue weighted by molar-refractivity contribution is 7.89. The van der Waals surface area contributed by atoms with Crippen LogP contribution in [0.5, 0.6) is 5.75 Å². The van der Waals surface area contributed by atoms with Gasteiger partial charge in [-0.2, -0.15) is 4.31 Å². The van der Waals surface area contributed by atoms with E-state index in [1.165, 1.54) is 7.11 Å². The average molecular weight is 405 g/mol. The molecule has 0 saturated heterocycles. The molecule has 0 heterocycles. The fourth-order valence-corrected chi connectivity index (χ4v) is 4.68. The topological polar surface area (TPSA) is 75.7 Å². The van der Waals surface area contributed by atoms with Crippen LogP contribution in [-0.2, 0) is 21.2 Å². The maximum Gasteiger partial charge on any atom is 0.247 e. The molecule has 7 heteroatoms. The van der Waals surface area contributed by atoms with E-state index in [-0.39, 0.29) is 29.6 Å². The van der Waals surface area contributed by atoms with E-state index in [4.69, 9.17) is 4.74 Å². The van der Waals surface area contributed by atoms with E-state index in [1.54, 1.807) is 25.1 Å². The maximum absolute atomic E-state index is 13.1. The summed E-state index contributed by atoms with van der Waals surface area (Å²) in [6.45, 7) is 7.34. The number of nitrogens with one attached hydrogen (secondary N) is 1. The number of para-hydroxylation sites is 1. The number of likely N-dealkylation sites (N-methyl/N-ethyl adjacent to an activating group) is 1. The maximum atomic E-state index is 13.1. The zero-order valence-electron chi connectivity index (χ0n) is 17.1. The van der Waals surface area contributed by atoms with Crippen molar-refractivity contribution in [1.82, 2.24) is 4.31 Å². The molecule has 0 atom stereocenters. The van der Waals surface area contributed by atoms with E-state index in [9.17, 15) is 13.2 Å². The molecule has 2 aromatic rings. The van der Waals surface area contributed by atoms with Gasteiger partial charge in [-0.25, -0.2) is 8.42 Å². The summed E-state index contributed by atoms with van der Waals surface area (Å²) in [5.74, 6) is -0.113. The standard InChI is InChI=1S/C21H28N2O4S/c1-6-17-10-8-9-16(4)21(17)22-20(24)14-23(7-2)28(25,26)19-13-15(3)11-12-18(19)27-5/h8-13H,6-7,14H2,1-5H3,(H,22,24). The van der Waals surface area contributed by atoms with E-state index in [0.29, 0.717) is 0 Å². The second-order valence-electron chi connectivity index (χ2n) is 6.60. The number of amides is 1. The third-order valence-corrected chi connectivity index (χ3v) is 6.56. The number of ether oxygens (including phenoxy) is 1. The first-order valence-corrected chi connectivity index (χ1v) is 10.7. The molecule has 0 fully saturated rings. The molecule has 0 aliphatic carbocycles. The van der Waals surface area contributed by atoms with Gasteiger partial charge in [0.25, 0.3) is 0 Å². The largest absolute Gasteiger partial charge is 0.495 e. The van der Waals surface area contributed by atoms with Crippen molar-refractivity contribution in [2.45, 2.75) is 39.0 Å². The molecular formula is C21H28N2O4S. The minimum Gasteiger partial charge on any atom is -0.495 e. The minimum atomic E-state index is -3.88. The summed E-state index contributed by atoms with van der Waals surface area (Å²) >= 11 is 0. The average Bonchev–Trinajstić information content (AvgIpc) is 2.67. The van der Waals surface area contributed by atoms with Crippen molar-refractivity contribution in [1.29, 1.82) is 0 Å². The fourth-order valence-electron chi connectivity index (χ4n) is 3.03. The van der Waals surface area contributed by atoms with Crippen LogP contribution in [0.3, 0.4) is 0 Å². The SMILES string of the molecule is CCc1cccc(C)c1NC(=O)CN(CC)S(=O)(=O)c1cc(C)ccc1OC. The van der Waals surface area contributed by atoms with Crippen LogP contribution >= 0.6 is 0 Å². The lowest BCUT2D eigenvalue weighted by atomic mass is 10.1. The number of nitrogens with zero attached hydrogens (tertiary/aromatic N) is 1. The second-order valence-corrected chi connectivity index (χ2v) is 8.50. The van der Waals surface area contributed by atoms with Crippen molar-refractivity contribution >= 4 is 21.6 Å². The Labute approximate surface area is 167 Å². The first-order valence-electron chi connectivity index (χ1n) is 9.27. The molecule has 0 saturated carbocycles. The molecule has 0 aliphatic rings. The summed E-state index contributed by atoms with van der Waals surface area (Å²) in [4.78, 5) is 12.7. The molecule has 2 rings (SSSR count). The van der Waals surface area contributed by atoms with Crippen LogP contribution in [0.25, 0.3) is 0 Å². The van der Waals surface area contributed by atoms with Gasteiger partial charge in [0.05, 0.1) is 13.7 Å². The molecule has 0 radical (unpaired) electrons. The van der Waals surface area contributed by atoms with E-state index < -0.39 is 10.0 Å². The molecule has 0 spiro atoms. The number of hydrogen-bond acceptors (Lipinski definition) is 4. The number of rotatable bonds is 8. The number of carbonyl (C=O) groups is 1. The van der Waals surface area contributed by atoms with Gasteiger partial charge in [0.15, 0.2) is 0 Å². The summed E-state index contributed by atoms with van der Waals surface area (Å²) < 4.78 is 32.7. The van der Waals surface area contributed by atoms with Gasteiger partial charge in [0, 0.05) is 12.2 Å². The Morgan fingerprint density at radius 1 is 1.14 bits per heavy atom. The first kappa shape index (κ1) is 21.9. The Kier molecular flexibility index (Phi) is 7.21. The van der Waals surface area contributed by atoms with Crippen LogP contribution in [0.2, 0.25) is 0 Å². The van der Waals surface area contributed by atoms with E-state index in [0.717, 1.165) is 33.1 Å². The fraction of sp³-hybridized carbons (Fsp3) is 0.381. The van der Waals surface area contributed by atoms with Crippen molar-refractivity contribution < 1.29 is 17.9 Å². The lowest BCUT2D eigenvalue weighted by Gasteiger charge is -2.22. The monoisotopic (exact) mass is 404 g/mol. The summed E-state index contributed by atoms with van der Waals surface area (Å²) in [5, 5.41) is 2.88. The number of carbonyl (C=O) groups excluding carboxylic acids is 1. The molecule has 0 aliphatic heterocycles. The van der Waals surface area contributed by atoms with E-state index in [2.05, 4.69) is 5.32 Å². The van der Waals surface area contributed by atoms with Gasteiger partial charge >= 0.3 is 0 Å². The normalized spacial score (nSPS) is 11.5. The predicted molar refractivity (Wildman–Crippen MR) is 111 cm³/mol. The van der Waals surface area contributed by atoms with Gasteiger partial charge in [-0.3, -0.25) is 4.79 Å². The summed E-state index contributed by atoms with van der Waals surface area (Å²) in [5.41, 5.74) is 3.50. The van der Waals surface area contributed by atoms with Crippen molar-refractivity contribution in [2.75, 3.05) is 25.5 Å². The van der Waals surface area contributed by atoms with Crippen LogP contribution in [0.4, 0.5) is 5.69 Å². The molecule has 1 N–H and O–H groups in total. The highest BCUT2D eigenvalue weighted by Gasteiger charge is 2.28. The zero-order chi connectivity index (χ0) is 20.9. The summed E-state index contributed by atoms with van der Waals surface area (Å²) in [6.07, 6.45) is 0.771. The number of methoxy groups -OCH3 is 1. The van der Waals surface area contributed by atoms with E-state index in [1.807, 2.05) is 39.0 Å². The number of benzene rings is 2. The first-order chi connectivity index (χ1) is 13.2. The van der Waals surface area contributed by atoms with Crippen molar-refractivity contribution in [2.24, 2.45) is 0 Å². The predicted octanol–water partition coefficient (Wildman–Crippen LogP) is 3.52. The lowest BCUT2D eigenvalue weighted by Crippen LogP contribution is -2.38. The molecule has 0 unspecified atom stereocenters. The van der Waals surface area contributed by atoms with Crippen LogP contribution in [-0.4, -0.2) is 38.8 Å². The Hall–Kier alpha value is -2.38. The molecule has 0 aromatic heterocycles. The molecular weight excluding hydrogens is 376 g/mol. The zero-order valence-corrected chi connectivity index (χ0v) is 17.9. The number of anilines is 1. The smallest absolute Gasteiger partial charge is 0.247 e. The molecule has 0 bridgehead atoms. The van der Waals surface area contributed by atoms with Gasteiger partial charge < -0.3 is 10.1 Å². The van der Waals surface area contributed by atoms with Crippen molar-refractivity contribution in [3.8, 4) is 5.75 Å². The van der Waals surface area contributed by atoms with Gasteiger partial charge in [-0.05, 0) is 49.1 Å². The van der Waals surface area contributed by atoms with Gasteiger partial charge in [-0.1, -0.05) is 38.1 Å². The molecule has 1 amide bonds. The van der Waals surface area contributed by atoms with Crippen LogP contribution in [0, 0.1) is 13.8 Å². The van der Waals surface area contributed by atoms with Gasteiger partial charge in [0.1, 0.15) is 10.6 Å². The number of aryl methyl sites for hydroxylation is 3. The van der Waals surface area contributed by atoms with E-state index >= 15 is 0 Å². The van der Waals surface area contributed by atoms with Gasteiger partial charge in [0.2, 0.25) is 15.9 Å². The number of sulfonamides is 1. The van der Waals surface area contributed by atoms with Crippen LogP contribution in [0.15, 0.2) is 41.3 Å².